The number of methoxy groups -OCH3 is 1. The van der Waals surface area contributed by atoms with Crippen molar-refractivity contribution in [3.8, 4) is 0 Å². The standard InChI is InChI=1S/C11H22N2O2/c1-11(6-4-7-13-11)9-12-10(14)5-3-8-15-2/h13H,3-9H2,1-2H3,(H,12,14). The molecule has 1 aliphatic heterocycles. The Hall–Kier alpha value is -0.610. The van der Waals surface area contributed by atoms with Gasteiger partial charge in [-0.1, -0.05) is 0 Å². The maximum absolute atomic E-state index is 11.4. The third-order valence-electron chi connectivity index (χ3n) is 2.89. The summed E-state index contributed by atoms with van der Waals surface area (Å²) in [5, 5.41) is 6.38. The molecule has 0 saturated carbocycles. The van der Waals surface area contributed by atoms with E-state index in [9.17, 15) is 4.79 Å². The van der Waals surface area contributed by atoms with E-state index in [1.807, 2.05) is 0 Å². The molecular formula is C11H22N2O2. The van der Waals surface area contributed by atoms with Crippen LogP contribution in [0, 0.1) is 0 Å². The predicted octanol–water partition coefficient (Wildman–Crippen LogP) is 0.671. The fourth-order valence-electron chi connectivity index (χ4n) is 1.87. The number of hydrogen-bond acceptors (Lipinski definition) is 3. The highest BCUT2D eigenvalue weighted by atomic mass is 16.5. The van der Waals surface area contributed by atoms with E-state index in [0.29, 0.717) is 13.0 Å². The van der Waals surface area contributed by atoms with E-state index in [1.165, 1.54) is 6.42 Å². The van der Waals surface area contributed by atoms with Crippen LogP contribution in [0.15, 0.2) is 0 Å². The summed E-state index contributed by atoms with van der Waals surface area (Å²) in [6.07, 6.45) is 3.71. The van der Waals surface area contributed by atoms with Crippen LogP contribution in [0.5, 0.6) is 0 Å². The lowest BCUT2D eigenvalue weighted by atomic mass is 10.0. The fraction of sp³-hybridized carbons (Fsp3) is 0.909. The SMILES string of the molecule is COCCCC(=O)NCC1(C)CCCN1. The maximum atomic E-state index is 11.4. The summed E-state index contributed by atoms with van der Waals surface area (Å²) in [5.41, 5.74) is 0.108. The van der Waals surface area contributed by atoms with Gasteiger partial charge in [0.15, 0.2) is 0 Å². The van der Waals surface area contributed by atoms with Gasteiger partial charge in [0.2, 0.25) is 5.91 Å². The van der Waals surface area contributed by atoms with Crippen LogP contribution in [0.4, 0.5) is 0 Å². The molecule has 0 aromatic heterocycles. The number of rotatable bonds is 6. The third-order valence-corrected chi connectivity index (χ3v) is 2.89. The van der Waals surface area contributed by atoms with E-state index in [-0.39, 0.29) is 11.4 Å². The van der Waals surface area contributed by atoms with Gasteiger partial charge in [-0.25, -0.2) is 0 Å². The first-order chi connectivity index (χ1) is 7.16. The molecule has 4 heteroatoms. The van der Waals surface area contributed by atoms with Gasteiger partial charge in [0.1, 0.15) is 0 Å². The van der Waals surface area contributed by atoms with E-state index in [2.05, 4.69) is 17.6 Å². The van der Waals surface area contributed by atoms with Gasteiger partial charge in [-0.05, 0) is 32.7 Å². The second-order valence-electron chi connectivity index (χ2n) is 4.46. The van der Waals surface area contributed by atoms with Crippen molar-refractivity contribution in [1.82, 2.24) is 10.6 Å². The van der Waals surface area contributed by atoms with Crippen LogP contribution in [0.2, 0.25) is 0 Å². The number of carbonyl (C=O) groups is 1. The van der Waals surface area contributed by atoms with Crippen LogP contribution in [0.3, 0.4) is 0 Å². The zero-order valence-electron chi connectivity index (χ0n) is 9.77. The van der Waals surface area contributed by atoms with Gasteiger partial charge in [-0.3, -0.25) is 4.79 Å². The molecule has 0 bridgehead atoms. The fourth-order valence-corrected chi connectivity index (χ4v) is 1.87. The van der Waals surface area contributed by atoms with Crippen LogP contribution in [0.1, 0.15) is 32.6 Å². The van der Waals surface area contributed by atoms with Crippen LogP contribution in [-0.4, -0.2) is 38.3 Å². The molecule has 1 unspecified atom stereocenters. The highest BCUT2D eigenvalue weighted by molar-refractivity contribution is 5.75. The summed E-state index contributed by atoms with van der Waals surface area (Å²) < 4.78 is 4.90. The van der Waals surface area contributed by atoms with E-state index >= 15 is 0 Å². The zero-order valence-corrected chi connectivity index (χ0v) is 9.77. The van der Waals surface area contributed by atoms with Crippen molar-refractivity contribution in [2.24, 2.45) is 0 Å². The largest absolute Gasteiger partial charge is 0.385 e. The smallest absolute Gasteiger partial charge is 0.220 e. The van der Waals surface area contributed by atoms with Gasteiger partial charge < -0.3 is 15.4 Å². The molecule has 2 N–H and O–H groups in total. The van der Waals surface area contributed by atoms with Gasteiger partial charge >= 0.3 is 0 Å². The van der Waals surface area contributed by atoms with Crippen LogP contribution in [-0.2, 0) is 9.53 Å². The van der Waals surface area contributed by atoms with Crippen LogP contribution < -0.4 is 10.6 Å². The van der Waals surface area contributed by atoms with Crippen molar-refractivity contribution >= 4 is 5.91 Å². The van der Waals surface area contributed by atoms with Gasteiger partial charge in [-0.15, -0.1) is 0 Å². The second-order valence-corrected chi connectivity index (χ2v) is 4.46. The Morgan fingerprint density at radius 3 is 3.00 bits per heavy atom. The van der Waals surface area contributed by atoms with Gasteiger partial charge in [0, 0.05) is 32.2 Å². The first kappa shape index (κ1) is 12.5. The number of carbonyl (C=O) groups excluding carboxylic acids is 1. The van der Waals surface area contributed by atoms with Crippen molar-refractivity contribution in [2.75, 3.05) is 26.8 Å². The highest BCUT2D eigenvalue weighted by Gasteiger charge is 2.27. The third kappa shape index (κ3) is 4.62. The summed E-state index contributed by atoms with van der Waals surface area (Å²) in [4.78, 5) is 11.4. The molecule has 1 amide bonds. The summed E-state index contributed by atoms with van der Waals surface area (Å²) >= 11 is 0. The van der Waals surface area contributed by atoms with E-state index in [0.717, 1.165) is 25.9 Å². The van der Waals surface area contributed by atoms with Crippen molar-refractivity contribution in [2.45, 2.75) is 38.1 Å². The van der Waals surface area contributed by atoms with Gasteiger partial charge in [0.05, 0.1) is 0 Å². The summed E-state index contributed by atoms with van der Waals surface area (Å²) in [6.45, 7) is 4.62. The Kier molecular flexibility index (Phi) is 5.05. The van der Waals surface area contributed by atoms with Gasteiger partial charge in [-0.2, -0.15) is 0 Å². The quantitative estimate of drug-likeness (QED) is 0.639. The number of hydrogen-bond donors (Lipinski definition) is 2. The normalized spacial score (nSPS) is 25.5. The monoisotopic (exact) mass is 214 g/mol. The highest BCUT2D eigenvalue weighted by Crippen LogP contribution is 2.16. The molecule has 1 heterocycles. The Labute approximate surface area is 91.8 Å². The second kappa shape index (κ2) is 6.08. The molecule has 1 aliphatic rings. The van der Waals surface area contributed by atoms with Crippen LogP contribution >= 0.6 is 0 Å². The minimum atomic E-state index is 0.108. The minimum Gasteiger partial charge on any atom is -0.385 e. The molecule has 1 rings (SSSR count). The summed E-state index contributed by atoms with van der Waals surface area (Å²) in [7, 11) is 1.65. The van der Waals surface area contributed by atoms with Crippen molar-refractivity contribution < 1.29 is 9.53 Å². The lowest BCUT2D eigenvalue weighted by Crippen LogP contribution is -2.47. The van der Waals surface area contributed by atoms with Crippen LogP contribution in [0.25, 0.3) is 0 Å². The number of nitrogens with one attached hydrogen (secondary N) is 2. The van der Waals surface area contributed by atoms with E-state index < -0.39 is 0 Å². The Bertz CT molecular complexity index is 201. The van der Waals surface area contributed by atoms with Crippen molar-refractivity contribution in [3.05, 3.63) is 0 Å². The Balaban J connectivity index is 2.10. The molecule has 1 saturated heterocycles. The summed E-state index contributed by atoms with van der Waals surface area (Å²) in [6, 6.07) is 0. The number of ether oxygens (including phenoxy) is 1. The molecule has 0 aliphatic carbocycles. The zero-order chi connectivity index (χ0) is 11.1. The van der Waals surface area contributed by atoms with Gasteiger partial charge in [0.25, 0.3) is 0 Å². The van der Waals surface area contributed by atoms with E-state index in [4.69, 9.17) is 4.74 Å². The van der Waals surface area contributed by atoms with Crippen molar-refractivity contribution in [3.63, 3.8) is 0 Å². The average molecular weight is 214 g/mol. The number of amides is 1. The Morgan fingerprint density at radius 2 is 2.40 bits per heavy atom. The minimum absolute atomic E-state index is 0.108. The molecule has 0 aromatic rings. The Morgan fingerprint density at radius 1 is 1.60 bits per heavy atom. The molecule has 0 radical (unpaired) electrons. The summed E-state index contributed by atoms with van der Waals surface area (Å²) in [5.74, 6) is 0.127. The molecule has 1 atom stereocenters. The lowest BCUT2D eigenvalue weighted by molar-refractivity contribution is -0.121. The first-order valence-corrected chi connectivity index (χ1v) is 5.67. The van der Waals surface area contributed by atoms with Crippen molar-refractivity contribution in [1.29, 1.82) is 0 Å². The average Bonchev–Trinajstić information content (AvgIpc) is 2.64. The molecule has 1 fully saturated rings. The topological polar surface area (TPSA) is 50.4 Å². The predicted molar refractivity (Wildman–Crippen MR) is 59.8 cm³/mol. The molecular weight excluding hydrogens is 192 g/mol. The first-order valence-electron chi connectivity index (χ1n) is 5.67. The molecule has 88 valence electrons. The lowest BCUT2D eigenvalue weighted by Gasteiger charge is -2.24. The molecule has 0 aromatic carbocycles. The molecule has 4 nitrogen and oxygen atoms in total. The van der Waals surface area contributed by atoms with E-state index in [1.54, 1.807) is 7.11 Å². The maximum Gasteiger partial charge on any atom is 0.220 e. The molecule has 0 spiro atoms. The molecule has 15 heavy (non-hydrogen) atoms.